The van der Waals surface area contributed by atoms with Crippen molar-refractivity contribution < 1.29 is 4.79 Å². The van der Waals surface area contributed by atoms with Gasteiger partial charge in [0.1, 0.15) is 0 Å². The molecule has 1 amide bonds. The van der Waals surface area contributed by atoms with Crippen molar-refractivity contribution in [2.24, 2.45) is 0 Å². The van der Waals surface area contributed by atoms with Gasteiger partial charge in [0.2, 0.25) is 5.91 Å². The zero-order valence-corrected chi connectivity index (χ0v) is 12.4. The van der Waals surface area contributed by atoms with Gasteiger partial charge < -0.3 is 10.6 Å². The van der Waals surface area contributed by atoms with E-state index < -0.39 is 0 Å². The molecule has 0 aliphatic heterocycles. The highest BCUT2D eigenvalue weighted by Gasteiger charge is 2.10. The zero-order chi connectivity index (χ0) is 14.3. The molecule has 0 fully saturated rings. The Balaban J connectivity index is 2.37. The molecule has 0 heterocycles. The average Bonchev–Trinajstić information content (AvgIpc) is 2.38. The number of carbonyl (C=O) groups is 1. The summed E-state index contributed by atoms with van der Waals surface area (Å²) < 4.78 is 0. The van der Waals surface area contributed by atoms with Crippen molar-refractivity contribution in [3.63, 3.8) is 0 Å². The minimum Gasteiger partial charge on any atom is -0.351 e. The number of halogens is 2. The second-order valence-corrected chi connectivity index (χ2v) is 5.04. The fraction of sp³-hybridized carbons (Fsp3) is 0.357. The number of amides is 1. The molecule has 0 saturated heterocycles. The van der Waals surface area contributed by atoms with Crippen LogP contribution in [0.3, 0.4) is 0 Å². The van der Waals surface area contributed by atoms with Gasteiger partial charge in [-0.05, 0) is 37.6 Å². The maximum absolute atomic E-state index is 11.6. The second kappa shape index (κ2) is 8.20. The summed E-state index contributed by atoms with van der Waals surface area (Å²) in [6.45, 7) is 6.52. The summed E-state index contributed by atoms with van der Waals surface area (Å²) in [5.41, 5.74) is 1.01. The van der Waals surface area contributed by atoms with Crippen molar-refractivity contribution in [1.29, 1.82) is 0 Å². The van der Waals surface area contributed by atoms with Gasteiger partial charge in [-0.2, -0.15) is 0 Å². The number of rotatable bonds is 7. The van der Waals surface area contributed by atoms with E-state index in [0.29, 0.717) is 23.1 Å². The van der Waals surface area contributed by atoms with Crippen molar-refractivity contribution in [1.82, 2.24) is 10.6 Å². The predicted molar refractivity (Wildman–Crippen MR) is 80.8 cm³/mol. The summed E-state index contributed by atoms with van der Waals surface area (Å²) in [7, 11) is 0. The van der Waals surface area contributed by atoms with Gasteiger partial charge in [0.25, 0.3) is 0 Å². The van der Waals surface area contributed by atoms with Gasteiger partial charge in [0.15, 0.2) is 0 Å². The molecule has 1 atom stereocenters. The van der Waals surface area contributed by atoms with Crippen molar-refractivity contribution >= 4 is 29.1 Å². The Morgan fingerprint density at radius 2 is 2.21 bits per heavy atom. The van der Waals surface area contributed by atoms with Crippen LogP contribution in [-0.4, -0.2) is 25.0 Å². The minimum atomic E-state index is -0.244. The molecule has 5 heteroatoms. The highest BCUT2D eigenvalue weighted by molar-refractivity contribution is 6.35. The topological polar surface area (TPSA) is 41.1 Å². The monoisotopic (exact) mass is 300 g/mol. The average molecular weight is 301 g/mol. The van der Waals surface area contributed by atoms with E-state index in [1.54, 1.807) is 12.1 Å². The van der Waals surface area contributed by atoms with E-state index in [0.717, 1.165) is 12.0 Å². The Labute approximate surface area is 124 Å². The van der Waals surface area contributed by atoms with Crippen LogP contribution in [0.1, 0.15) is 12.5 Å². The Morgan fingerprint density at radius 3 is 2.84 bits per heavy atom. The molecule has 3 nitrogen and oxygen atoms in total. The van der Waals surface area contributed by atoms with Crippen LogP contribution in [-0.2, 0) is 11.2 Å². The first-order valence-corrected chi connectivity index (χ1v) is 6.86. The second-order valence-electron chi connectivity index (χ2n) is 4.20. The van der Waals surface area contributed by atoms with E-state index in [1.807, 2.05) is 19.1 Å². The van der Waals surface area contributed by atoms with E-state index in [-0.39, 0.29) is 11.9 Å². The third-order valence-corrected chi connectivity index (χ3v) is 3.26. The number of carbonyl (C=O) groups excluding carboxylic acids is 1. The van der Waals surface area contributed by atoms with Crippen molar-refractivity contribution in [3.8, 4) is 0 Å². The van der Waals surface area contributed by atoms with E-state index in [4.69, 9.17) is 23.2 Å². The van der Waals surface area contributed by atoms with Crippen LogP contribution in [0.25, 0.3) is 0 Å². The standard InChI is InChI=1S/C14H18Cl2N2O/c1-3-7-18-14(19)10(2)17-8-6-11-4-5-12(15)9-13(11)16/h3-5,9-10,17H,1,6-8H2,2H3,(H,18,19). The molecule has 1 unspecified atom stereocenters. The summed E-state index contributed by atoms with van der Waals surface area (Å²) in [6.07, 6.45) is 2.40. The lowest BCUT2D eigenvalue weighted by Gasteiger charge is -2.13. The SMILES string of the molecule is C=CCNC(=O)C(C)NCCc1ccc(Cl)cc1Cl. The van der Waals surface area contributed by atoms with E-state index in [2.05, 4.69) is 17.2 Å². The normalized spacial score (nSPS) is 11.9. The van der Waals surface area contributed by atoms with E-state index in [9.17, 15) is 4.79 Å². The van der Waals surface area contributed by atoms with Gasteiger partial charge in [-0.3, -0.25) is 4.79 Å². The van der Waals surface area contributed by atoms with Crippen LogP contribution in [0.4, 0.5) is 0 Å². The Hall–Kier alpha value is -1.03. The van der Waals surface area contributed by atoms with Gasteiger partial charge >= 0.3 is 0 Å². The summed E-state index contributed by atoms with van der Waals surface area (Å²) in [5, 5.41) is 7.16. The van der Waals surface area contributed by atoms with Crippen molar-refractivity contribution in [3.05, 3.63) is 46.5 Å². The third-order valence-electron chi connectivity index (χ3n) is 2.67. The maximum Gasteiger partial charge on any atom is 0.237 e. The Morgan fingerprint density at radius 1 is 1.47 bits per heavy atom. The number of hydrogen-bond acceptors (Lipinski definition) is 2. The molecular weight excluding hydrogens is 283 g/mol. The van der Waals surface area contributed by atoms with Crippen molar-refractivity contribution in [2.45, 2.75) is 19.4 Å². The predicted octanol–water partition coefficient (Wildman–Crippen LogP) is 2.82. The molecule has 0 aliphatic carbocycles. The molecule has 1 rings (SSSR count). The lowest BCUT2D eigenvalue weighted by molar-refractivity contribution is -0.122. The lowest BCUT2D eigenvalue weighted by Crippen LogP contribution is -2.42. The summed E-state index contributed by atoms with van der Waals surface area (Å²) in [6, 6.07) is 5.18. The summed E-state index contributed by atoms with van der Waals surface area (Å²) in [4.78, 5) is 11.6. The van der Waals surface area contributed by atoms with Gasteiger partial charge in [0, 0.05) is 16.6 Å². The van der Waals surface area contributed by atoms with E-state index >= 15 is 0 Å². The molecule has 1 aromatic carbocycles. The van der Waals surface area contributed by atoms with Gasteiger partial charge in [-0.1, -0.05) is 35.3 Å². The molecule has 0 aliphatic rings. The van der Waals surface area contributed by atoms with Crippen LogP contribution in [0.2, 0.25) is 10.0 Å². The first-order chi connectivity index (χ1) is 9.04. The Kier molecular flexibility index (Phi) is 6.92. The molecule has 0 aromatic heterocycles. The minimum absolute atomic E-state index is 0.0397. The van der Waals surface area contributed by atoms with Gasteiger partial charge in [-0.15, -0.1) is 6.58 Å². The van der Waals surface area contributed by atoms with Crippen molar-refractivity contribution in [2.75, 3.05) is 13.1 Å². The largest absolute Gasteiger partial charge is 0.351 e. The molecular formula is C14H18Cl2N2O. The fourth-order valence-corrected chi connectivity index (χ4v) is 2.07. The maximum atomic E-state index is 11.6. The quantitative estimate of drug-likeness (QED) is 0.760. The molecule has 2 N–H and O–H groups in total. The summed E-state index contributed by atoms with van der Waals surface area (Å²) in [5.74, 6) is -0.0397. The molecule has 104 valence electrons. The number of hydrogen-bond donors (Lipinski definition) is 2. The third kappa shape index (κ3) is 5.64. The molecule has 19 heavy (non-hydrogen) atoms. The van der Waals surface area contributed by atoms with Crippen LogP contribution >= 0.6 is 23.2 Å². The molecule has 0 spiro atoms. The van der Waals surface area contributed by atoms with Gasteiger partial charge in [0.05, 0.1) is 6.04 Å². The van der Waals surface area contributed by atoms with E-state index in [1.165, 1.54) is 0 Å². The first-order valence-electron chi connectivity index (χ1n) is 6.10. The number of benzene rings is 1. The molecule has 1 aromatic rings. The fourth-order valence-electron chi connectivity index (χ4n) is 1.57. The number of nitrogens with one attached hydrogen (secondary N) is 2. The summed E-state index contributed by atoms with van der Waals surface area (Å²) >= 11 is 11.9. The highest BCUT2D eigenvalue weighted by Crippen LogP contribution is 2.21. The van der Waals surface area contributed by atoms with Crippen LogP contribution < -0.4 is 10.6 Å². The van der Waals surface area contributed by atoms with Crippen LogP contribution in [0.5, 0.6) is 0 Å². The smallest absolute Gasteiger partial charge is 0.237 e. The van der Waals surface area contributed by atoms with Gasteiger partial charge in [-0.25, -0.2) is 0 Å². The van der Waals surface area contributed by atoms with Crippen LogP contribution in [0.15, 0.2) is 30.9 Å². The first kappa shape index (κ1) is 16.0. The molecule has 0 bridgehead atoms. The zero-order valence-electron chi connectivity index (χ0n) is 10.9. The lowest BCUT2D eigenvalue weighted by atomic mass is 10.1. The Bertz CT molecular complexity index is 449. The molecule has 0 radical (unpaired) electrons. The van der Waals surface area contributed by atoms with Crippen LogP contribution in [0, 0.1) is 0 Å². The highest BCUT2D eigenvalue weighted by atomic mass is 35.5. The molecule has 0 saturated carbocycles.